The number of esters is 1. The molecule has 4 rings (SSSR count). The summed E-state index contributed by atoms with van der Waals surface area (Å²) in [5, 5.41) is 0.868. The highest BCUT2D eigenvalue weighted by atomic mass is 35.5. The zero-order chi connectivity index (χ0) is 23.3. The molecule has 1 N–H and O–H groups in total. The number of nitrogens with one attached hydrogen (secondary N) is 1. The predicted octanol–water partition coefficient (Wildman–Crippen LogP) is 3.91. The van der Waals surface area contributed by atoms with E-state index in [0.29, 0.717) is 17.4 Å². The molecule has 1 aliphatic carbocycles. The lowest BCUT2D eigenvalue weighted by Crippen LogP contribution is -2.51. The second kappa shape index (κ2) is 8.03. The van der Waals surface area contributed by atoms with Crippen molar-refractivity contribution in [3.8, 4) is 5.75 Å². The van der Waals surface area contributed by atoms with Gasteiger partial charge in [0.05, 0.1) is 9.92 Å². The Labute approximate surface area is 190 Å². The van der Waals surface area contributed by atoms with E-state index in [2.05, 4.69) is 4.72 Å². The molecular formula is C23H22ClNO6S. The Morgan fingerprint density at radius 2 is 1.78 bits per heavy atom. The Balaban J connectivity index is 1.61. The average Bonchev–Trinajstić information content (AvgIpc) is 3.20. The Morgan fingerprint density at radius 3 is 2.47 bits per heavy atom. The summed E-state index contributed by atoms with van der Waals surface area (Å²) in [6, 6.07) is 9.24. The van der Waals surface area contributed by atoms with Gasteiger partial charge in [-0.15, -0.1) is 0 Å². The van der Waals surface area contributed by atoms with Gasteiger partial charge in [0.15, 0.2) is 5.75 Å². The van der Waals surface area contributed by atoms with Crippen LogP contribution >= 0.6 is 11.6 Å². The lowest BCUT2D eigenvalue weighted by atomic mass is 10.1. The van der Waals surface area contributed by atoms with Crippen molar-refractivity contribution in [2.75, 3.05) is 0 Å². The van der Waals surface area contributed by atoms with Crippen molar-refractivity contribution in [2.24, 2.45) is 0 Å². The van der Waals surface area contributed by atoms with Gasteiger partial charge in [-0.25, -0.2) is 18.0 Å². The van der Waals surface area contributed by atoms with Crippen LogP contribution in [0.15, 0.2) is 50.5 Å². The van der Waals surface area contributed by atoms with Crippen molar-refractivity contribution in [2.45, 2.75) is 50.5 Å². The molecule has 2 aromatic carbocycles. The second-order valence-electron chi connectivity index (χ2n) is 8.41. The Bertz CT molecular complexity index is 1390. The number of rotatable bonds is 5. The standard InChI is InChI=1S/C23H22ClNO6S/c1-13-7-9-14(10-8-13)32(28,29)25-23(2,3)22(27)31-20-12-19-17(11-18(20)24)15-5-4-6-16(15)21(26)30-19/h7-12,25H,4-6H2,1-3H3. The highest BCUT2D eigenvalue weighted by Crippen LogP contribution is 2.35. The highest BCUT2D eigenvalue weighted by Gasteiger charge is 2.35. The molecule has 168 valence electrons. The molecule has 9 heteroatoms. The monoisotopic (exact) mass is 475 g/mol. The molecule has 1 aliphatic rings. The summed E-state index contributed by atoms with van der Waals surface area (Å²) >= 11 is 6.35. The van der Waals surface area contributed by atoms with Gasteiger partial charge in [-0.1, -0.05) is 29.3 Å². The van der Waals surface area contributed by atoms with Crippen LogP contribution in [0.25, 0.3) is 11.0 Å². The fraction of sp³-hybridized carbons (Fsp3) is 0.304. The Morgan fingerprint density at radius 1 is 1.12 bits per heavy atom. The van der Waals surface area contributed by atoms with E-state index in [-0.39, 0.29) is 21.3 Å². The van der Waals surface area contributed by atoms with Gasteiger partial charge in [0.25, 0.3) is 0 Å². The van der Waals surface area contributed by atoms with E-state index >= 15 is 0 Å². The molecule has 0 atom stereocenters. The topological polar surface area (TPSA) is 103 Å². The molecule has 0 saturated carbocycles. The summed E-state index contributed by atoms with van der Waals surface area (Å²) in [6.07, 6.45) is 2.28. The smallest absolute Gasteiger partial charge is 0.339 e. The van der Waals surface area contributed by atoms with Crippen molar-refractivity contribution in [1.29, 1.82) is 0 Å². The van der Waals surface area contributed by atoms with E-state index in [0.717, 1.165) is 24.0 Å². The molecule has 0 aliphatic heterocycles. The van der Waals surface area contributed by atoms with Crippen LogP contribution in [0, 0.1) is 6.92 Å². The molecule has 32 heavy (non-hydrogen) atoms. The number of hydrogen-bond acceptors (Lipinski definition) is 6. The molecule has 3 aromatic rings. The van der Waals surface area contributed by atoms with Crippen molar-refractivity contribution >= 4 is 38.6 Å². The van der Waals surface area contributed by atoms with Gasteiger partial charge in [0.1, 0.15) is 11.1 Å². The van der Waals surface area contributed by atoms with Crippen LogP contribution in [0.2, 0.25) is 5.02 Å². The molecular weight excluding hydrogens is 454 g/mol. The van der Waals surface area contributed by atoms with Crippen LogP contribution in [0.1, 0.15) is 37.0 Å². The predicted molar refractivity (Wildman–Crippen MR) is 121 cm³/mol. The SMILES string of the molecule is Cc1ccc(S(=O)(=O)NC(C)(C)C(=O)Oc2cc3oc(=O)c4c(c3cc2Cl)CCC4)cc1. The maximum atomic E-state index is 12.8. The first-order valence-electron chi connectivity index (χ1n) is 10.1. The summed E-state index contributed by atoms with van der Waals surface area (Å²) in [5.41, 5.74) is 0.732. The Kier molecular flexibility index (Phi) is 5.65. The molecule has 0 bridgehead atoms. The Hall–Kier alpha value is -2.68. The maximum absolute atomic E-state index is 12.8. The zero-order valence-electron chi connectivity index (χ0n) is 17.8. The van der Waals surface area contributed by atoms with Gasteiger partial charge in [-0.2, -0.15) is 4.72 Å². The number of carbonyl (C=O) groups is 1. The molecule has 0 radical (unpaired) electrons. The molecule has 1 aromatic heterocycles. The number of sulfonamides is 1. The number of aryl methyl sites for hydroxylation is 2. The lowest BCUT2D eigenvalue weighted by molar-refractivity contribution is -0.139. The number of halogens is 1. The van der Waals surface area contributed by atoms with Gasteiger partial charge in [0, 0.05) is 17.0 Å². The maximum Gasteiger partial charge on any atom is 0.339 e. The second-order valence-corrected chi connectivity index (χ2v) is 10.5. The number of fused-ring (bicyclic) bond motifs is 3. The van der Waals surface area contributed by atoms with Gasteiger partial charge in [-0.05, 0) is 63.8 Å². The van der Waals surface area contributed by atoms with Crippen LogP contribution in [0.5, 0.6) is 5.75 Å². The molecule has 0 fully saturated rings. The fourth-order valence-electron chi connectivity index (χ4n) is 3.74. The van der Waals surface area contributed by atoms with Crippen LogP contribution < -0.4 is 15.1 Å². The summed E-state index contributed by atoms with van der Waals surface area (Å²) in [5.74, 6) is -0.884. The molecule has 0 spiro atoms. The van der Waals surface area contributed by atoms with Gasteiger partial charge >= 0.3 is 11.6 Å². The largest absolute Gasteiger partial charge is 0.423 e. The van der Waals surface area contributed by atoms with E-state index in [1.54, 1.807) is 18.2 Å². The van der Waals surface area contributed by atoms with Gasteiger partial charge in [-0.3, -0.25) is 0 Å². The van der Waals surface area contributed by atoms with E-state index in [1.165, 1.54) is 32.0 Å². The molecule has 1 heterocycles. The van der Waals surface area contributed by atoms with E-state index in [9.17, 15) is 18.0 Å². The van der Waals surface area contributed by atoms with Gasteiger partial charge < -0.3 is 9.15 Å². The molecule has 0 saturated heterocycles. The van der Waals surface area contributed by atoms with Crippen LogP contribution in [0.3, 0.4) is 0 Å². The summed E-state index contributed by atoms with van der Waals surface area (Å²) in [4.78, 5) is 25.1. The minimum atomic E-state index is -3.97. The zero-order valence-corrected chi connectivity index (χ0v) is 19.4. The van der Waals surface area contributed by atoms with Crippen LogP contribution in [0.4, 0.5) is 0 Å². The van der Waals surface area contributed by atoms with Crippen molar-refractivity contribution in [1.82, 2.24) is 4.72 Å². The number of hydrogen-bond donors (Lipinski definition) is 1. The van der Waals surface area contributed by atoms with Crippen molar-refractivity contribution in [3.05, 3.63) is 68.5 Å². The average molecular weight is 476 g/mol. The highest BCUT2D eigenvalue weighted by molar-refractivity contribution is 7.89. The third-order valence-electron chi connectivity index (χ3n) is 5.46. The third kappa shape index (κ3) is 4.18. The number of benzene rings is 2. The first-order valence-corrected chi connectivity index (χ1v) is 11.9. The minimum Gasteiger partial charge on any atom is -0.423 e. The molecule has 0 unspecified atom stereocenters. The number of carbonyl (C=O) groups excluding carboxylic acids is 1. The quantitative estimate of drug-likeness (QED) is 0.341. The summed E-state index contributed by atoms with van der Waals surface area (Å²) in [6.45, 7) is 4.63. The molecule has 0 amide bonds. The summed E-state index contributed by atoms with van der Waals surface area (Å²) < 4.78 is 38.6. The molecule has 7 nitrogen and oxygen atoms in total. The first-order chi connectivity index (χ1) is 15.0. The fourth-order valence-corrected chi connectivity index (χ4v) is 5.31. The van der Waals surface area contributed by atoms with Gasteiger partial charge in [0.2, 0.25) is 10.0 Å². The normalized spacial score (nSPS) is 13.9. The number of ether oxygens (including phenoxy) is 1. The minimum absolute atomic E-state index is 0.0205. The van der Waals surface area contributed by atoms with Crippen LogP contribution in [-0.2, 0) is 27.7 Å². The summed E-state index contributed by atoms with van der Waals surface area (Å²) in [7, 11) is -3.97. The van der Waals surface area contributed by atoms with E-state index in [1.807, 2.05) is 6.92 Å². The first kappa shape index (κ1) is 22.5. The van der Waals surface area contributed by atoms with E-state index < -0.39 is 27.2 Å². The van der Waals surface area contributed by atoms with Crippen molar-refractivity contribution < 1.29 is 22.4 Å². The van der Waals surface area contributed by atoms with E-state index in [4.69, 9.17) is 20.8 Å². The third-order valence-corrected chi connectivity index (χ3v) is 7.43. The van der Waals surface area contributed by atoms with Crippen LogP contribution in [-0.4, -0.2) is 19.9 Å². The van der Waals surface area contributed by atoms with Crippen molar-refractivity contribution in [3.63, 3.8) is 0 Å². The lowest BCUT2D eigenvalue weighted by Gasteiger charge is -2.24.